The maximum absolute atomic E-state index is 13.4. The summed E-state index contributed by atoms with van der Waals surface area (Å²) in [6.45, 7) is 0. The Morgan fingerprint density at radius 3 is 1.28 bits per heavy atom. The summed E-state index contributed by atoms with van der Waals surface area (Å²) in [5.74, 6) is -11.2. The molecule has 2 nitrogen and oxygen atoms in total. The molecule has 0 N–H and O–H groups in total. The third-order valence-corrected chi connectivity index (χ3v) is 2.00. The van der Waals surface area contributed by atoms with Crippen LogP contribution in [-0.4, -0.2) is 6.42 Å². The van der Waals surface area contributed by atoms with Crippen molar-refractivity contribution in [2.75, 3.05) is 0 Å². The number of nitrogens with zero attached hydrogens (tertiary/aromatic N) is 2. The summed E-state index contributed by atoms with van der Waals surface area (Å²) < 4.78 is 77.4. The maximum atomic E-state index is 13.4. The van der Waals surface area contributed by atoms with Crippen molar-refractivity contribution in [2.24, 2.45) is 0 Å². The van der Waals surface area contributed by atoms with Gasteiger partial charge < -0.3 is 4.32 Å². The van der Waals surface area contributed by atoms with Crippen LogP contribution >= 0.6 is 0 Å². The fourth-order valence-corrected chi connectivity index (χ4v) is 1.13. The average molecular weight is 334 g/mol. The van der Waals surface area contributed by atoms with E-state index in [1.165, 1.54) is 0 Å². The number of rotatable bonds is 1. The van der Waals surface area contributed by atoms with Crippen LogP contribution < -0.4 is 63.7 Å². The Labute approximate surface area is 146 Å². The van der Waals surface area contributed by atoms with Crippen molar-refractivity contribution in [1.29, 1.82) is 10.5 Å². The minimum absolute atomic E-state index is 0. The van der Waals surface area contributed by atoms with E-state index in [0.717, 1.165) is 0 Å². The Morgan fingerprint density at radius 1 is 0.722 bits per heavy atom. The van der Waals surface area contributed by atoms with Crippen molar-refractivity contribution in [1.82, 2.24) is 0 Å². The molecule has 0 aliphatic carbocycles. The fourth-order valence-electron chi connectivity index (χ4n) is 1.13. The van der Waals surface area contributed by atoms with Gasteiger partial charge >= 0.3 is 64.6 Å². The third kappa shape index (κ3) is 2.64. The summed E-state index contributed by atoms with van der Waals surface area (Å²) in [5, 5.41) is 16.5. The summed E-state index contributed by atoms with van der Waals surface area (Å²) in [4.78, 5) is 0. The largest absolute Gasteiger partial charge is 1.00 e. The molecule has 88 valence electrons. The average Bonchev–Trinajstić information content (AvgIpc) is 2.33. The van der Waals surface area contributed by atoms with Gasteiger partial charge in [0.05, 0.1) is 0 Å². The molecule has 0 aliphatic rings. The molecule has 0 aromatic heterocycles. The first-order valence-corrected chi connectivity index (χ1v) is 3.98. The third-order valence-electron chi connectivity index (χ3n) is 2.00. The van der Waals surface area contributed by atoms with E-state index in [0.29, 0.717) is 11.9 Å². The Hall–Kier alpha value is -0.350. The molecule has 18 heavy (non-hydrogen) atoms. The molecule has 0 saturated carbocycles. The molecular formula is C8BF6N2Rb. The monoisotopic (exact) mass is 334 g/mol. The van der Waals surface area contributed by atoms with Crippen LogP contribution in [0.2, 0.25) is 0 Å². The van der Waals surface area contributed by atoms with Gasteiger partial charge in [-0.15, -0.1) is 0 Å². The van der Waals surface area contributed by atoms with Crippen LogP contribution in [0.3, 0.4) is 0 Å². The molecule has 0 unspecified atom stereocenters. The van der Waals surface area contributed by atoms with Gasteiger partial charge in [-0.1, -0.05) is 17.4 Å². The van der Waals surface area contributed by atoms with Crippen LogP contribution in [0.4, 0.5) is 26.3 Å². The number of benzene rings is 1. The number of halogens is 6. The smallest absolute Gasteiger partial charge is 0.476 e. The molecule has 0 aliphatic heterocycles. The van der Waals surface area contributed by atoms with Gasteiger partial charge in [0, 0.05) is 0 Å². The molecule has 0 amide bonds. The molecule has 0 bridgehead atoms. The van der Waals surface area contributed by atoms with Gasteiger partial charge in [0.15, 0.2) is 17.5 Å². The van der Waals surface area contributed by atoms with Gasteiger partial charge in [0.1, 0.15) is 11.6 Å². The molecule has 1 aromatic rings. The van der Waals surface area contributed by atoms with E-state index in [9.17, 15) is 26.3 Å². The maximum Gasteiger partial charge on any atom is 1.00 e. The summed E-state index contributed by atoms with van der Waals surface area (Å²) in [6.07, 6.45) is -4.67. The van der Waals surface area contributed by atoms with E-state index < -0.39 is 41.0 Å². The zero-order chi connectivity index (χ0) is 13.4. The SMILES string of the molecule is N#C[B-](F)(C#N)c1c(F)c(F)c(F)c(F)c1F.[Rb+]. The molecule has 1 rings (SSSR count). The first-order chi connectivity index (χ1) is 7.80. The quantitative estimate of drug-likeness (QED) is 0.275. The van der Waals surface area contributed by atoms with Crippen LogP contribution in [0, 0.1) is 51.5 Å². The number of hydrogen-bond donors (Lipinski definition) is 0. The number of nitriles is 2. The van der Waals surface area contributed by atoms with Crippen molar-refractivity contribution in [3.8, 4) is 11.9 Å². The van der Waals surface area contributed by atoms with E-state index in [-0.39, 0.29) is 58.2 Å². The fraction of sp³-hybridized carbons (Fsp3) is 0. The van der Waals surface area contributed by atoms with E-state index in [1.54, 1.807) is 0 Å². The Bertz CT molecular complexity index is 535. The van der Waals surface area contributed by atoms with Crippen LogP contribution in [-0.2, 0) is 0 Å². The van der Waals surface area contributed by atoms with Crippen LogP contribution in [0.15, 0.2) is 0 Å². The van der Waals surface area contributed by atoms with E-state index in [1.807, 2.05) is 0 Å². The van der Waals surface area contributed by atoms with Crippen molar-refractivity contribution < 1.29 is 84.5 Å². The van der Waals surface area contributed by atoms with Crippen LogP contribution in [0.25, 0.3) is 0 Å². The molecule has 0 fully saturated rings. The van der Waals surface area contributed by atoms with E-state index in [2.05, 4.69) is 0 Å². The first kappa shape index (κ1) is 17.7. The molecule has 0 radical (unpaired) electrons. The topological polar surface area (TPSA) is 47.6 Å². The molecule has 0 heterocycles. The predicted molar refractivity (Wildman–Crippen MR) is 44.0 cm³/mol. The van der Waals surface area contributed by atoms with E-state index >= 15 is 0 Å². The summed E-state index contributed by atoms with van der Waals surface area (Å²) >= 11 is 0. The normalized spacial score (nSPS) is 10.2. The molecule has 0 atom stereocenters. The standard InChI is InChI=1S/C8BF6N2.Rb/c10-4-3(9(15,1-16)2-17)5(11)7(13)8(14)6(4)12;/q-1;+1. The van der Waals surface area contributed by atoms with Gasteiger partial charge in [0.2, 0.25) is 0 Å². The summed E-state index contributed by atoms with van der Waals surface area (Å²) in [6, 6.07) is 0. The molecular weight excluding hydrogens is 334 g/mol. The Balaban J connectivity index is 0.00000289. The van der Waals surface area contributed by atoms with E-state index in [4.69, 9.17) is 10.5 Å². The zero-order valence-electron chi connectivity index (χ0n) is 8.74. The second-order valence-electron chi connectivity index (χ2n) is 3.00. The first-order valence-electron chi connectivity index (χ1n) is 3.98. The van der Waals surface area contributed by atoms with Crippen LogP contribution in [0.5, 0.6) is 0 Å². The molecule has 0 spiro atoms. The number of hydrogen-bond acceptors (Lipinski definition) is 2. The summed E-state index contributed by atoms with van der Waals surface area (Å²) in [5.41, 5.74) is -2.05. The zero-order valence-corrected chi connectivity index (χ0v) is 13.7. The Kier molecular flexibility index (Phi) is 6.08. The molecule has 0 saturated heterocycles. The minimum atomic E-state index is -4.67. The second-order valence-corrected chi connectivity index (χ2v) is 3.00. The molecule has 10 heteroatoms. The minimum Gasteiger partial charge on any atom is -0.476 e. The Morgan fingerprint density at radius 2 is 1.00 bits per heavy atom. The van der Waals surface area contributed by atoms with Crippen molar-refractivity contribution in [2.45, 2.75) is 0 Å². The van der Waals surface area contributed by atoms with Crippen molar-refractivity contribution in [3.63, 3.8) is 0 Å². The van der Waals surface area contributed by atoms with Crippen molar-refractivity contribution >= 4 is 11.9 Å². The van der Waals surface area contributed by atoms with Crippen molar-refractivity contribution in [3.05, 3.63) is 29.1 Å². The molecule has 1 aromatic carbocycles. The predicted octanol–water partition coefficient (Wildman–Crippen LogP) is -1.37. The van der Waals surface area contributed by atoms with Gasteiger partial charge in [-0.25, -0.2) is 32.5 Å². The van der Waals surface area contributed by atoms with Gasteiger partial charge in [-0.3, -0.25) is 0 Å². The van der Waals surface area contributed by atoms with Crippen LogP contribution in [0.1, 0.15) is 0 Å². The van der Waals surface area contributed by atoms with Gasteiger partial charge in [-0.05, 0) is 0 Å². The summed E-state index contributed by atoms with van der Waals surface area (Å²) in [7, 11) is 0. The second kappa shape index (κ2) is 6.20. The van der Waals surface area contributed by atoms with Gasteiger partial charge in [-0.2, -0.15) is 0 Å². The van der Waals surface area contributed by atoms with Gasteiger partial charge in [0.25, 0.3) is 0 Å².